The van der Waals surface area contributed by atoms with Gasteiger partial charge in [-0.05, 0) is 57.5 Å². The lowest BCUT2D eigenvalue weighted by molar-refractivity contribution is -0.178. The molecule has 0 radical (unpaired) electrons. The fourth-order valence-electron chi connectivity index (χ4n) is 8.56. The van der Waals surface area contributed by atoms with Gasteiger partial charge in [-0.3, -0.25) is 24.2 Å². The number of hydrogen-bond donors (Lipinski definition) is 4. The number of amides is 1. The number of aryl methyl sites for hydroxylation is 1. The summed E-state index contributed by atoms with van der Waals surface area (Å²) in [5.41, 5.74) is 4.21. The largest absolute Gasteiger partial charge is 0.504 e. The minimum atomic E-state index is -1.10. The van der Waals surface area contributed by atoms with Crippen LogP contribution in [0.2, 0.25) is 0 Å². The molecular formula is C38H43N3O10S. The zero-order valence-electron chi connectivity index (χ0n) is 29.8. The first-order valence-electron chi connectivity index (χ1n) is 17.2. The molecule has 1 saturated heterocycles. The lowest BCUT2D eigenvalue weighted by Crippen LogP contribution is -2.69. The highest BCUT2D eigenvalue weighted by Gasteiger charge is 2.59. The van der Waals surface area contributed by atoms with Crippen LogP contribution in [0, 0.1) is 13.8 Å². The van der Waals surface area contributed by atoms with Crippen molar-refractivity contribution in [2.45, 2.75) is 75.8 Å². The third-order valence-corrected chi connectivity index (χ3v) is 12.2. The number of carbonyl (C=O) groups is 3. The van der Waals surface area contributed by atoms with Gasteiger partial charge in [0.15, 0.2) is 28.8 Å². The molecule has 0 aromatic heterocycles. The zero-order valence-corrected chi connectivity index (χ0v) is 30.7. The van der Waals surface area contributed by atoms with Crippen molar-refractivity contribution in [2.75, 3.05) is 33.3 Å². The van der Waals surface area contributed by atoms with Gasteiger partial charge in [0.25, 0.3) is 5.91 Å². The van der Waals surface area contributed by atoms with Crippen LogP contribution in [0.5, 0.6) is 28.7 Å². The molecule has 276 valence electrons. The molecule has 3 aromatic carbocycles. The quantitative estimate of drug-likeness (QED) is 0.187. The Bertz CT molecular complexity index is 1940. The van der Waals surface area contributed by atoms with Crippen molar-refractivity contribution in [2.24, 2.45) is 0 Å². The van der Waals surface area contributed by atoms with E-state index in [1.807, 2.05) is 29.8 Å². The topological polar surface area (TPSA) is 167 Å². The standard InChI is InChI=1S/C38H43N3O10S/c1-17-12-22-13-24-38(47)41-25(14-42)27-28(33(51-20(4)44)18(2)34-35(27)50-16-49-34)36(30(41)29(40(24)5)26(22)31(45)32(17)48-6)52-15-23(19(3)43)39-37(46)21-10-8-7-9-11-21/h7-12,23-25,29-30,36,38,42,45,47H,13-16H2,1-6H3,(H,39,46)/t23-,24-,25-,29+,30?,36+,38?/m0/s1. The molecule has 0 spiro atoms. The Labute approximate surface area is 305 Å². The summed E-state index contributed by atoms with van der Waals surface area (Å²) in [7, 11) is 3.40. The van der Waals surface area contributed by atoms with Gasteiger partial charge in [-0.25, -0.2) is 0 Å². The van der Waals surface area contributed by atoms with E-state index >= 15 is 0 Å². The number of Topliss-reactive ketones (excluding diaryl/α,β-unsaturated/α-hetero) is 1. The molecule has 14 heteroatoms. The Morgan fingerprint density at radius 3 is 2.42 bits per heavy atom. The van der Waals surface area contributed by atoms with Crippen LogP contribution in [-0.4, -0.2) is 100 Å². The van der Waals surface area contributed by atoms with Crippen molar-refractivity contribution in [1.29, 1.82) is 0 Å². The normalized spacial score (nSPS) is 25.0. The van der Waals surface area contributed by atoms with Crippen LogP contribution >= 0.6 is 11.8 Å². The molecule has 3 aromatic rings. The average molecular weight is 734 g/mol. The fourth-order valence-corrected chi connectivity index (χ4v) is 10.2. The van der Waals surface area contributed by atoms with Crippen molar-refractivity contribution in [3.63, 3.8) is 0 Å². The highest BCUT2D eigenvalue weighted by atomic mass is 32.2. The molecule has 1 fully saturated rings. The third-order valence-electron chi connectivity index (χ3n) is 10.8. The van der Waals surface area contributed by atoms with E-state index in [-0.39, 0.29) is 29.8 Å². The number of piperazine rings is 1. The number of aromatic hydroxyl groups is 1. The molecule has 2 bridgehead atoms. The second-order valence-electron chi connectivity index (χ2n) is 13.8. The maximum absolute atomic E-state index is 13.3. The van der Waals surface area contributed by atoms with Crippen molar-refractivity contribution >= 4 is 29.4 Å². The number of ether oxygens (including phenoxy) is 4. The molecule has 0 aliphatic carbocycles. The molecular weight excluding hydrogens is 690 g/mol. The molecule has 4 N–H and O–H groups in total. The number of nitrogens with zero attached hydrogens (tertiary/aromatic N) is 2. The Morgan fingerprint density at radius 2 is 1.77 bits per heavy atom. The van der Waals surface area contributed by atoms with Crippen LogP contribution in [0.3, 0.4) is 0 Å². The lowest BCUT2D eigenvalue weighted by Gasteiger charge is -2.61. The Balaban J connectivity index is 1.44. The van der Waals surface area contributed by atoms with E-state index in [1.54, 1.807) is 37.3 Å². The van der Waals surface area contributed by atoms with Crippen molar-refractivity contribution in [3.05, 3.63) is 75.3 Å². The van der Waals surface area contributed by atoms with Crippen molar-refractivity contribution in [3.8, 4) is 28.7 Å². The van der Waals surface area contributed by atoms with E-state index in [4.69, 9.17) is 18.9 Å². The molecule has 0 saturated carbocycles. The van der Waals surface area contributed by atoms with Crippen LogP contribution in [0.15, 0.2) is 36.4 Å². The number of nitrogens with one attached hydrogen (secondary N) is 1. The first kappa shape index (κ1) is 36.0. The van der Waals surface area contributed by atoms with Crippen LogP contribution in [0.1, 0.15) is 74.9 Å². The van der Waals surface area contributed by atoms with Gasteiger partial charge in [0.2, 0.25) is 6.79 Å². The Morgan fingerprint density at radius 1 is 1.06 bits per heavy atom. The van der Waals surface area contributed by atoms with Crippen molar-refractivity contribution in [1.82, 2.24) is 15.1 Å². The summed E-state index contributed by atoms with van der Waals surface area (Å²) in [6.07, 6.45) is -0.689. The molecule has 1 amide bonds. The summed E-state index contributed by atoms with van der Waals surface area (Å²) < 4.78 is 23.6. The number of hydrogen-bond acceptors (Lipinski definition) is 13. The highest BCUT2D eigenvalue weighted by Crippen LogP contribution is 2.63. The third kappa shape index (κ3) is 5.68. The maximum Gasteiger partial charge on any atom is 0.308 e. The number of carbonyl (C=O) groups excluding carboxylic acids is 3. The minimum absolute atomic E-state index is 0.0157. The van der Waals surface area contributed by atoms with Gasteiger partial charge in [0.05, 0.1) is 43.1 Å². The number of thioether (sulfide) groups is 1. The predicted molar refractivity (Wildman–Crippen MR) is 191 cm³/mol. The molecule has 13 nitrogen and oxygen atoms in total. The second kappa shape index (κ2) is 13.9. The molecule has 4 aliphatic heterocycles. The number of ketones is 1. The monoisotopic (exact) mass is 733 g/mol. The summed E-state index contributed by atoms with van der Waals surface area (Å²) in [6.45, 7) is 5.81. The lowest BCUT2D eigenvalue weighted by atomic mass is 9.73. The molecule has 52 heavy (non-hydrogen) atoms. The number of likely N-dealkylation sites (N-methyl/N-ethyl adjacent to an activating group) is 1. The second-order valence-corrected chi connectivity index (χ2v) is 15.0. The summed E-state index contributed by atoms with van der Waals surface area (Å²) >= 11 is 1.35. The SMILES string of the molecule is COc1c(C)cc2c(c1O)[C@@H]1C3[C@H](SC[C@H](NC(=O)c4ccccc4)C(C)=O)c4c(OC(C)=O)c(C)c5c(c4[C@H](CO)N3C(O)[C@H](C2)N1C)OCO5. The molecule has 7 atom stereocenters. The smallest absolute Gasteiger partial charge is 0.308 e. The average Bonchev–Trinajstić information content (AvgIpc) is 3.61. The van der Waals surface area contributed by atoms with Gasteiger partial charge in [-0.1, -0.05) is 24.3 Å². The van der Waals surface area contributed by atoms with Crippen LogP contribution in [0.25, 0.3) is 0 Å². The van der Waals surface area contributed by atoms with E-state index < -0.39 is 60.2 Å². The van der Waals surface area contributed by atoms with E-state index in [9.17, 15) is 29.7 Å². The number of aliphatic hydroxyl groups excluding tert-OH is 2. The van der Waals surface area contributed by atoms with E-state index in [0.717, 1.165) is 11.1 Å². The highest BCUT2D eigenvalue weighted by molar-refractivity contribution is 7.99. The molecule has 2 unspecified atom stereocenters. The van der Waals surface area contributed by atoms with Crippen molar-refractivity contribution < 1.29 is 48.7 Å². The molecule has 7 rings (SSSR count). The fraction of sp³-hybridized carbons (Fsp3) is 0.447. The first-order chi connectivity index (χ1) is 24.9. The van der Waals surface area contributed by atoms with Gasteiger partial charge in [0, 0.05) is 46.5 Å². The Hall–Kier alpha value is -4.34. The van der Waals surface area contributed by atoms with Gasteiger partial charge >= 0.3 is 5.97 Å². The molecule has 4 heterocycles. The molecule has 4 aliphatic rings. The van der Waals surface area contributed by atoms with Gasteiger partial charge in [-0.2, -0.15) is 0 Å². The minimum Gasteiger partial charge on any atom is -0.504 e. The van der Waals surface area contributed by atoms with E-state index in [1.165, 1.54) is 32.7 Å². The van der Waals surface area contributed by atoms with E-state index in [0.29, 0.717) is 51.5 Å². The summed E-state index contributed by atoms with van der Waals surface area (Å²) in [4.78, 5) is 43.1. The van der Waals surface area contributed by atoms with Crippen LogP contribution in [0.4, 0.5) is 0 Å². The number of phenolic OH excluding ortho intramolecular Hbond substituents is 1. The van der Waals surface area contributed by atoms with Gasteiger partial charge < -0.3 is 39.6 Å². The Kier molecular flexibility index (Phi) is 9.63. The zero-order chi connectivity index (χ0) is 37.2. The van der Waals surface area contributed by atoms with Crippen LogP contribution < -0.4 is 24.3 Å². The van der Waals surface area contributed by atoms with Gasteiger partial charge in [-0.15, -0.1) is 11.8 Å². The van der Waals surface area contributed by atoms with E-state index in [2.05, 4.69) is 5.32 Å². The number of esters is 1. The first-order valence-corrected chi connectivity index (χ1v) is 18.2. The summed E-state index contributed by atoms with van der Waals surface area (Å²) in [5.74, 6) is 0.165. The number of rotatable bonds is 9. The van der Waals surface area contributed by atoms with Gasteiger partial charge in [0.1, 0.15) is 12.0 Å². The maximum atomic E-state index is 13.3. The number of fused-ring (bicyclic) bond motifs is 9. The number of phenols is 1. The summed E-state index contributed by atoms with van der Waals surface area (Å²) in [5, 5.41) is 37.6. The number of benzene rings is 3. The summed E-state index contributed by atoms with van der Waals surface area (Å²) in [6, 6.07) is 7.15. The number of methoxy groups -OCH3 is 1. The number of aliphatic hydroxyl groups is 2. The van der Waals surface area contributed by atoms with Crippen LogP contribution in [-0.2, 0) is 16.0 Å². The predicted octanol–water partition coefficient (Wildman–Crippen LogP) is 3.48.